The van der Waals surface area contributed by atoms with Gasteiger partial charge >= 0.3 is 11.9 Å². The number of anilines is 2. The second kappa shape index (κ2) is 11.2. The van der Waals surface area contributed by atoms with Gasteiger partial charge in [0.1, 0.15) is 11.7 Å². The first kappa shape index (κ1) is 23.1. The Balaban J connectivity index is 1.51. The van der Waals surface area contributed by atoms with Crippen LogP contribution in [0.1, 0.15) is 29.8 Å². The molecule has 1 aromatic heterocycles. The van der Waals surface area contributed by atoms with E-state index in [2.05, 4.69) is 30.2 Å². The number of ether oxygens (including phenoxy) is 2. The minimum Gasteiger partial charge on any atom is -0.469 e. The largest absolute Gasteiger partial charge is 0.469 e. The van der Waals surface area contributed by atoms with Crippen LogP contribution >= 0.6 is 0 Å². The average molecular weight is 441 g/mol. The van der Waals surface area contributed by atoms with Crippen LogP contribution in [0, 0.1) is 0 Å². The molecule has 1 aliphatic heterocycles. The minimum absolute atomic E-state index is 0.0644. The van der Waals surface area contributed by atoms with Gasteiger partial charge in [0.15, 0.2) is 0 Å². The standard InChI is InChI=1S/C22H27N5O5/c1-31-20(28)13-18(22(30)32-2)25-16-7-11-27(12-8-16)17-5-3-15(4-6-17)26-21(29)19-14-23-9-10-24-19/h3-6,9-10,14,16,18,25H,7-8,11-13H2,1-2H3,(H,26,29)/t18-/m1/s1. The number of esters is 2. The molecule has 0 bridgehead atoms. The third-order valence-corrected chi connectivity index (χ3v) is 5.30. The van der Waals surface area contributed by atoms with Gasteiger partial charge in [-0.15, -0.1) is 0 Å². The molecule has 1 amide bonds. The van der Waals surface area contributed by atoms with Crippen molar-refractivity contribution < 1.29 is 23.9 Å². The number of nitrogens with one attached hydrogen (secondary N) is 2. The van der Waals surface area contributed by atoms with Gasteiger partial charge in [-0.3, -0.25) is 19.4 Å². The Kier molecular flexibility index (Phi) is 8.09. The van der Waals surface area contributed by atoms with Crippen molar-refractivity contribution in [1.82, 2.24) is 15.3 Å². The highest BCUT2D eigenvalue weighted by Gasteiger charge is 2.28. The number of carbonyl (C=O) groups excluding carboxylic acids is 3. The molecular weight excluding hydrogens is 414 g/mol. The number of hydrogen-bond donors (Lipinski definition) is 2. The number of hydrogen-bond acceptors (Lipinski definition) is 9. The summed E-state index contributed by atoms with van der Waals surface area (Å²) >= 11 is 0. The van der Waals surface area contributed by atoms with Gasteiger partial charge < -0.3 is 25.0 Å². The summed E-state index contributed by atoms with van der Waals surface area (Å²) in [6, 6.07) is 6.96. The molecule has 1 fully saturated rings. The summed E-state index contributed by atoms with van der Waals surface area (Å²) in [5, 5.41) is 6.03. The number of rotatable bonds is 8. The highest BCUT2D eigenvalue weighted by Crippen LogP contribution is 2.23. The predicted octanol–water partition coefficient (Wildman–Crippen LogP) is 1.39. The van der Waals surface area contributed by atoms with Crippen molar-refractivity contribution in [3.8, 4) is 0 Å². The van der Waals surface area contributed by atoms with Crippen LogP contribution in [0.3, 0.4) is 0 Å². The van der Waals surface area contributed by atoms with E-state index in [0.29, 0.717) is 5.69 Å². The fourth-order valence-corrected chi connectivity index (χ4v) is 3.56. The van der Waals surface area contributed by atoms with Crippen molar-refractivity contribution in [1.29, 1.82) is 0 Å². The molecule has 0 unspecified atom stereocenters. The van der Waals surface area contributed by atoms with Crippen molar-refractivity contribution >= 4 is 29.2 Å². The summed E-state index contributed by atoms with van der Waals surface area (Å²) in [6.07, 6.45) is 5.95. The van der Waals surface area contributed by atoms with E-state index in [1.54, 1.807) is 0 Å². The van der Waals surface area contributed by atoms with Crippen LogP contribution in [0.4, 0.5) is 11.4 Å². The molecule has 1 atom stereocenters. The molecular formula is C22H27N5O5. The second-order valence-corrected chi connectivity index (χ2v) is 7.38. The highest BCUT2D eigenvalue weighted by molar-refractivity contribution is 6.02. The molecule has 0 aliphatic carbocycles. The number of amides is 1. The molecule has 3 rings (SSSR count). The molecule has 32 heavy (non-hydrogen) atoms. The SMILES string of the molecule is COC(=O)C[C@@H](NC1CCN(c2ccc(NC(=O)c3cnccn3)cc2)CC1)C(=O)OC. The van der Waals surface area contributed by atoms with Gasteiger partial charge in [0, 0.05) is 42.9 Å². The zero-order valence-electron chi connectivity index (χ0n) is 18.1. The maximum absolute atomic E-state index is 12.2. The molecule has 170 valence electrons. The summed E-state index contributed by atoms with van der Waals surface area (Å²) in [7, 11) is 2.60. The zero-order valence-corrected chi connectivity index (χ0v) is 18.1. The van der Waals surface area contributed by atoms with Crippen LogP contribution in [-0.2, 0) is 19.1 Å². The summed E-state index contributed by atoms with van der Waals surface area (Å²) in [6.45, 7) is 1.57. The van der Waals surface area contributed by atoms with Crippen LogP contribution in [0.2, 0.25) is 0 Å². The number of aromatic nitrogens is 2. The smallest absolute Gasteiger partial charge is 0.323 e. The normalized spacial score (nSPS) is 15.0. The van der Waals surface area contributed by atoms with Gasteiger partial charge in [0.05, 0.1) is 26.8 Å². The van der Waals surface area contributed by atoms with Gasteiger partial charge in [0.2, 0.25) is 0 Å². The number of carbonyl (C=O) groups is 3. The molecule has 0 radical (unpaired) electrons. The Morgan fingerprint density at radius 2 is 1.81 bits per heavy atom. The fraction of sp³-hybridized carbons (Fsp3) is 0.409. The Morgan fingerprint density at radius 3 is 2.41 bits per heavy atom. The van der Waals surface area contributed by atoms with Crippen molar-refractivity contribution in [3.63, 3.8) is 0 Å². The maximum atomic E-state index is 12.2. The van der Waals surface area contributed by atoms with Crippen LogP contribution in [0.5, 0.6) is 0 Å². The lowest BCUT2D eigenvalue weighted by Crippen LogP contribution is -2.50. The van der Waals surface area contributed by atoms with E-state index in [1.807, 2.05) is 24.3 Å². The Labute approximate surface area is 186 Å². The lowest BCUT2D eigenvalue weighted by atomic mass is 10.0. The van der Waals surface area contributed by atoms with Gasteiger partial charge in [-0.2, -0.15) is 0 Å². The van der Waals surface area contributed by atoms with E-state index in [9.17, 15) is 14.4 Å². The van der Waals surface area contributed by atoms with E-state index in [-0.39, 0.29) is 24.1 Å². The topological polar surface area (TPSA) is 123 Å². The second-order valence-electron chi connectivity index (χ2n) is 7.38. The molecule has 1 saturated heterocycles. The number of methoxy groups -OCH3 is 2. The van der Waals surface area contributed by atoms with Gasteiger partial charge in [-0.1, -0.05) is 0 Å². The monoisotopic (exact) mass is 441 g/mol. The van der Waals surface area contributed by atoms with Crippen molar-refractivity contribution in [3.05, 3.63) is 48.5 Å². The van der Waals surface area contributed by atoms with E-state index in [4.69, 9.17) is 4.74 Å². The number of piperidine rings is 1. The summed E-state index contributed by atoms with van der Waals surface area (Å²) in [4.78, 5) is 45.9. The third kappa shape index (κ3) is 6.24. The first-order chi connectivity index (χ1) is 15.5. The Hall–Kier alpha value is -3.53. The lowest BCUT2D eigenvalue weighted by Gasteiger charge is -2.35. The molecule has 2 N–H and O–H groups in total. The third-order valence-electron chi connectivity index (χ3n) is 5.30. The highest BCUT2D eigenvalue weighted by atomic mass is 16.5. The molecule has 10 nitrogen and oxygen atoms in total. The Morgan fingerprint density at radius 1 is 1.09 bits per heavy atom. The zero-order chi connectivity index (χ0) is 22.9. The van der Waals surface area contributed by atoms with Crippen molar-refractivity contribution in [2.24, 2.45) is 0 Å². The molecule has 2 heterocycles. The van der Waals surface area contributed by atoms with Crippen LogP contribution in [0.25, 0.3) is 0 Å². The maximum Gasteiger partial charge on any atom is 0.323 e. The van der Waals surface area contributed by atoms with E-state index < -0.39 is 18.0 Å². The van der Waals surface area contributed by atoms with E-state index in [1.165, 1.54) is 32.8 Å². The first-order valence-corrected chi connectivity index (χ1v) is 10.3. The van der Waals surface area contributed by atoms with Gasteiger partial charge in [-0.25, -0.2) is 4.98 Å². The molecule has 2 aromatic rings. The summed E-state index contributed by atoms with van der Waals surface area (Å²) in [5.41, 5.74) is 1.97. The van der Waals surface area contributed by atoms with Gasteiger partial charge in [0.25, 0.3) is 5.91 Å². The quantitative estimate of drug-likeness (QED) is 0.585. The van der Waals surface area contributed by atoms with E-state index in [0.717, 1.165) is 31.6 Å². The number of benzene rings is 1. The molecule has 0 spiro atoms. The Bertz CT molecular complexity index is 914. The molecule has 0 saturated carbocycles. The van der Waals surface area contributed by atoms with Crippen LogP contribution in [-0.4, -0.2) is 67.2 Å². The summed E-state index contributed by atoms with van der Waals surface area (Å²) < 4.78 is 9.47. The fourth-order valence-electron chi connectivity index (χ4n) is 3.56. The van der Waals surface area contributed by atoms with Crippen LogP contribution < -0.4 is 15.5 Å². The van der Waals surface area contributed by atoms with Crippen molar-refractivity contribution in [2.45, 2.75) is 31.3 Å². The van der Waals surface area contributed by atoms with Crippen molar-refractivity contribution in [2.75, 3.05) is 37.5 Å². The van der Waals surface area contributed by atoms with Gasteiger partial charge in [-0.05, 0) is 37.1 Å². The molecule has 1 aliphatic rings. The molecule has 10 heteroatoms. The number of nitrogens with zero attached hydrogens (tertiary/aromatic N) is 3. The minimum atomic E-state index is -0.721. The predicted molar refractivity (Wildman–Crippen MR) is 117 cm³/mol. The average Bonchev–Trinajstić information content (AvgIpc) is 2.84. The van der Waals surface area contributed by atoms with E-state index >= 15 is 0 Å². The summed E-state index contributed by atoms with van der Waals surface area (Å²) in [5.74, 6) is -1.25. The lowest BCUT2D eigenvalue weighted by molar-refractivity contribution is -0.149. The molecule has 1 aromatic carbocycles. The first-order valence-electron chi connectivity index (χ1n) is 10.3. The van der Waals surface area contributed by atoms with Crippen LogP contribution in [0.15, 0.2) is 42.9 Å².